The van der Waals surface area contributed by atoms with Crippen LogP contribution in [-0.4, -0.2) is 70.2 Å². The molecule has 0 radical (unpaired) electrons. The molecule has 7 heteroatoms. The molecule has 0 unspecified atom stereocenters. The predicted octanol–water partition coefficient (Wildman–Crippen LogP) is 0.109. The zero-order valence-corrected chi connectivity index (χ0v) is 11.8. The van der Waals surface area contributed by atoms with Crippen molar-refractivity contribution >= 4 is 5.91 Å². The standard InChI is InChI=1S/C13H21N5O2/c1-10-14-13(16-15-10)11-9-17(7-8-20-11)5-6-18-4-2-3-12(18)19/h11H,2-9H2,1H3,(H,14,15,16)/t11-/m0/s1. The molecule has 0 aromatic carbocycles. The van der Waals surface area contributed by atoms with Crippen molar-refractivity contribution in [3.05, 3.63) is 11.6 Å². The zero-order chi connectivity index (χ0) is 13.9. The highest BCUT2D eigenvalue weighted by molar-refractivity contribution is 5.78. The Morgan fingerprint density at radius 2 is 2.30 bits per heavy atom. The van der Waals surface area contributed by atoms with E-state index in [0.717, 1.165) is 50.8 Å². The first kappa shape index (κ1) is 13.5. The van der Waals surface area contributed by atoms with Gasteiger partial charge in [-0.15, -0.1) is 0 Å². The average Bonchev–Trinajstić information content (AvgIpc) is 3.06. The average molecular weight is 279 g/mol. The number of H-pyrrole nitrogens is 1. The molecule has 3 heterocycles. The third-order valence-electron chi connectivity index (χ3n) is 3.91. The maximum atomic E-state index is 11.6. The molecule has 7 nitrogen and oxygen atoms in total. The van der Waals surface area contributed by atoms with Gasteiger partial charge in [-0.1, -0.05) is 0 Å². The second kappa shape index (κ2) is 5.88. The predicted molar refractivity (Wildman–Crippen MR) is 72.1 cm³/mol. The van der Waals surface area contributed by atoms with Crippen LogP contribution >= 0.6 is 0 Å². The third kappa shape index (κ3) is 2.99. The van der Waals surface area contributed by atoms with E-state index < -0.39 is 0 Å². The summed E-state index contributed by atoms with van der Waals surface area (Å²) >= 11 is 0. The number of amides is 1. The molecule has 0 saturated carbocycles. The van der Waals surface area contributed by atoms with Crippen LogP contribution in [0, 0.1) is 6.92 Å². The molecule has 2 saturated heterocycles. The Labute approximate surface area is 118 Å². The number of carbonyl (C=O) groups excluding carboxylic acids is 1. The minimum absolute atomic E-state index is 0.0667. The topological polar surface area (TPSA) is 74.3 Å². The molecular formula is C13H21N5O2. The Balaban J connectivity index is 1.51. The molecule has 0 aliphatic carbocycles. The zero-order valence-electron chi connectivity index (χ0n) is 11.8. The smallest absolute Gasteiger partial charge is 0.222 e. The van der Waals surface area contributed by atoms with E-state index in [1.165, 1.54) is 0 Å². The minimum atomic E-state index is -0.0667. The van der Waals surface area contributed by atoms with Gasteiger partial charge < -0.3 is 9.64 Å². The van der Waals surface area contributed by atoms with Crippen molar-refractivity contribution in [1.29, 1.82) is 0 Å². The van der Waals surface area contributed by atoms with Crippen LogP contribution in [0.3, 0.4) is 0 Å². The highest BCUT2D eigenvalue weighted by Crippen LogP contribution is 2.19. The molecule has 2 fully saturated rings. The van der Waals surface area contributed by atoms with Crippen molar-refractivity contribution in [3.63, 3.8) is 0 Å². The number of rotatable bonds is 4. The van der Waals surface area contributed by atoms with E-state index in [2.05, 4.69) is 20.1 Å². The van der Waals surface area contributed by atoms with Gasteiger partial charge in [0.05, 0.1) is 6.61 Å². The van der Waals surface area contributed by atoms with Gasteiger partial charge >= 0.3 is 0 Å². The summed E-state index contributed by atoms with van der Waals surface area (Å²) in [5, 5.41) is 7.02. The van der Waals surface area contributed by atoms with Gasteiger partial charge in [0.1, 0.15) is 11.9 Å². The van der Waals surface area contributed by atoms with Crippen LogP contribution in [0.1, 0.15) is 30.6 Å². The summed E-state index contributed by atoms with van der Waals surface area (Å²) in [5.74, 6) is 1.83. The molecule has 20 heavy (non-hydrogen) atoms. The van der Waals surface area contributed by atoms with Crippen LogP contribution in [0.2, 0.25) is 0 Å². The number of hydrogen-bond donors (Lipinski definition) is 1. The van der Waals surface area contributed by atoms with Crippen molar-refractivity contribution in [3.8, 4) is 0 Å². The van der Waals surface area contributed by atoms with E-state index in [9.17, 15) is 4.79 Å². The molecule has 0 spiro atoms. The summed E-state index contributed by atoms with van der Waals surface area (Å²) < 4.78 is 5.73. The lowest BCUT2D eigenvalue weighted by molar-refractivity contribution is -0.128. The Hall–Kier alpha value is -1.47. The molecule has 1 aromatic heterocycles. The van der Waals surface area contributed by atoms with Gasteiger partial charge in [-0.2, -0.15) is 5.10 Å². The summed E-state index contributed by atoms with van der Waals surface area (Å²) in [5.41, 5.74) is 0. The second-order valence-corrected chi connectivity index (χ2v) is 5.42. The number of nitrogens with zero attached hydrogens (tertiary/aromatic N) is 4. The highest BCUT2D eigenvalue weighted by atomic mass is 16.5. The molecule has 110 valence electrons. The molecule has 2 aliphatic rings. The van der Waals surface area contributed by atoms with Gasteiger partial charge in [-0.25, -0.2) is 4.98 Å². The number of aromatic nitrogens is 3. The summed E-state index contributed by atoms with van der Waals surface area (Å²) in [6, 6.07) is 0. The van der Waals surface area contributed by atoms with E-state index in [1.807, 2.05) is 11.8 Å². The summed E-state index contributed by atoms with van der Waals surface area (Å²) in [6.45, 7) is 6.89. The Kier molecular flexibility index (Phi) is 3.98. The maximum absolute atomic E-state index is 11.6. The van der Waals surface area contributed by atoms with Gasteiger partial charge in [0.2, 0.25) is 5.91 Å². The first-order chi connectivity index (χ1) is 9.72. The van der Waals surface area contributed by atoms with Crippen LogP contribution in [0.15, 0.2) is 0 Å². The van der Waals surface area contributed by atoms with Crippen LogP contribution in [0.25, 0.3) is 0 Å². The quantitative estimate of drug-likeness (QED) is 0.846. The minimum Gasteiger partial charge on any atom is -0.367 e. The largest absolute Gasteiger partial charge is 0.367 e. The summed E-state index contributed by atoms with van der Waals surface area (Å²) in [7, 11) is 0. The maximum Gasteiger partial charge on any atom is 0.222 e. The molecule has 1 amide bonds. The first-order valence-electron chi connectivity index (χ1n) is 7.23. The fraction of sp³-hybridized carbons (Fsp3) is 0.769. The number of morpholine rings is 1. The van der Waals surface area contributed by atoms with Crippen molar-refractivity contribution in [2.75, 3.05) is 39.3 Å². The van der Waals surface area contributed by atoms with Crippen molar-refractivity contribution in [2.45, 2.75) is 25.9 Å². The number of aromatic amines is 1. The molecule has 0 bridgehead atoms. The van der Waals surface area contributed by atoms with Gasteiger partial charge in [0.25, 0.3) is 0 Å². The molecule has 2 aliphatic heterocycles. The lowest BCUT2D eigenvalue weighted by Crippen LogP contribution is -2.43. The Bertz CT molecular complexity index is 475. The first-order valence-corrected chi connectivity index (χ1v) is 7.23. The number of likely N-dealkylation sites (tertiary alicyclic amines) is 1. The fourth-order valence-electron chi connectivity index (χ4n) is 2.77. The molecule has 1 atom stereocenters. The van der Waals surface area contributed by atoms with E-state index in [-0.39, 0.29) is 6.10 Å². The van der Waals surface area contributed by atoms with Crippen molar-refractivity contribution < 1.29 is 9.53 Å². The van der Waals surface area contributed by atoms with Crippen molar-refractivity contribution in [2.24, 2.45) is 0 Å². The SMILES string of the molecule is Cc1nc([C@@H]2CN(CCN3CCCC3=O)CCO2)n[nH]1. The normalized spacial score (nSPS) is 24.6. The Morgan fingerprint density at radius 1 is 1.40 bits per heavy atom. The van der Waals surface area contributed by atoms with Gasteiger partial charge in [-0.3, -0.25) is 14.8 Å². The van der Waals surface area contributed by atoms with E-state index in [4.69, 9.17) is 4.74 Å². The number of carbonyl (C=O) groups is 1. The van der Waals surface area contributed by atoms with E-state index in [1.54, 1.807) is 0 Å². The molecular weight excluding hydrogens is 258 g/mol. The number of aryl methyl sites for hydroxylation is 1. The summed E-state index contributed by atoms with van der Waals surface area (Å²) in [6.07, 6.45) is 1.64. The van der Waals surface area contributed by atoms with Gasteiger partial charge in [0.15, 0.2) is 5.82 Å². The van der Waals surface area contributed by atoms with E-state index in [0.29, 0.717) is 18.9 Å². The van der Waals surface area contributed by atoms with Crippen LogP contribution in [0.4, 0.5) is 0 Å². The third-order valence-corrected chi connectivity index (χ3v) is 3.91. The van der Waals surface area contributed by atoms with Crippen LogP contribution < -0.4 is 0 Å². The highest BCUT2D eigenvalue weighted by Gasteiger charge is 2.26. The number of ether oxygens (including phenoxy) is 1. The Morgan fingerprint density at radius 3 is 3.00 bits per heavy atom. The van der Waals surface area contributed by atoms with Crippen molar-refractivity contribution in [1.82, 2.24) is 25.0 Å². The fourth-order valence-corrected chi connectivity index (χ4v) is 2.77. The lowest BCUT2D eigenvalue weighted by atomic mass is 10.2. The lowest BCUT2D eigenvalue weighted by Gasteiger charge is -2.32. The van der Waals surface area contributed by atoms with E-state index >= 15 is 0 Å². The number of nitrogens with one attached hydrogen (secondary N) is 1. The van der Waals surface area contributed by atoms with Gasteiger partial charge in [-0.05, 0) is 13.3 Å². The number of hydrogen-bond acceptors (Lipinski definition) is 5. The van der Waals surface area contributed by atoms with Crippen LogP contribution in [0.5, 0.6) is 0 Å². The summed E-state index contributed by atoms with van der Waals surface area (Å²) in [4.78, 5) is 20.2. The monoisotopic (exact) mass is 279 g/mol. The molecule has 1 N–H and O–H groups in total. The second-order valence-electron chi connectivity index (χ2n) is 5.42. The molecule has 1 aromatic rings. The van der Waals surface area contributed by atoms with Crippen LogP contribution in [-0.2, 0) is 9.53 Å². The van der Waals surface area contributed by atoms with Gasteiger partial charge in [0, 0.05) is 39.1 Å². The molecule has 3 rings (SSSR count).